The van der Waals surface area contributed by atoms with Crippen molar-refractivity contribution in [1.82, 2.24) is 15.0 Å². The quantitative estimate of drug-likeness (QED) is 0.797. The molecule has 3 aromatic rings. The molecule has 0 aliphatic rings. The SMILES string of the molecule is COCc1nc(-c2ccc3nccnc3c2)sc1CN. The largest absolute Gasteiger partial charge is 0.378 e. The fourth-order valence-electron chi connectivity index (χ4n) is 2.01. The number of methoxy groups -OCH3 is 1. The fourth-order valence-corrected chi connectivity index (χ4v) is 2.95. The maximum atomic E-state index is 5.76. The van der Waals surface area contributed by atoms with Crippen LogP contribution in [-0.4, -0.2) is 22.1 Å². The number of nitrogens with two attached hydrogens (primary N) is 1. The van der Waals surface area contributed by atoms with Gasteiger partial charge in [0.1, 0.15) is 5.01 Å². The number of fused-ring (bicyclic) bond motifs is 1. The summed E-state index contributed by atoms with van der Waals surface area (Å²) >= 11 is 1.60. The first-order valence-electron chi connectivity index (χ1n) is 6.20. The monoisotopic (exact) mass is 286 g/mol. The second-order valence-electron chi connectivity index (χ2n) is 4.29. The van der Waals surface area contributed by atoms with Gasteiger partial charge in [0.05, 0.1) is 23.3 Å². The Bertz CT molecular complexity index is 741. The van der Waals surface area contributed by atoms with Crippen molar-refractivity contribution in [3.05, 3.63) is 41.2 Å². The summed E-state index contributed by atoms with van der Waals surface area (Å²) in [6.45, 7) is 0.958. The van der Waals surface area contributed by atoms with Gasteiger partial charge in [-0.2, -0.15) is 0 Å². The van der Waals surface area contributed by atoms with E-state index in [2.05, 4.69) is 15.0 Å². The van der Waals surface area contributed by atoms with E-state index in [0.717, 1.165) is 32.2 Å². The predicted molar refractivity (Wildman–Crippen MR) is 79.3 cm³/mol. The smallest absolute Gasteiger partial charge is 0.124 e. The zero-order chi connectivity index (χ0) is 13.9. The number of nitrogens with zero attached hydrogens (tertiary/aromatic N) is 3. The number of thiazole rings is 1. The normalized spacial score (nSPS) is 11.1. The van der Waals surface area contributed by atoms with E-state index in [-0.39, 0.29) is 0 Å². The summed E-state index contributed by atoms with van der Waals surface area (Å²) in [5, 5.41) is 0.935. The number of hydrogen-bond donors (Lipinski definition) is 1. The molecule has 20 heavy (non-hydrogen) atoms. The first-order valence-corrected chi connectivity index (χ1v) is 7.02. The molecule has 0 bridgehead atoms. The van der Waals surface area contributed by atoms with E-state index in [1.807, 2.05) is 18.2 Å². The van der Waals surface area contributed by atoms with Crippen LogP contribution >= 0.6 is 11.3 Å². The van der Waals surface area contributed by atoms with Crippen LogP contribution in [-0.2, 0) is 17.9 Å². The molecule has 3 rings (SSSR count). The van der Waals surface area contributed by atoms with Crippen LogP contribution in [0.4, 0.5) is 0 Å². The molecule has 0 aliphatic heterocycles. The summed E-state index contributed by atoms with van der Waals surface area (Å²) < 4.78 is 5.16. The Morgan fingerprint density at radius 2 is 2.00 bits per heavy atom. The van der Waals surface area contributed by atoms with Crippen molar-refractivity contribution < 1.29 is 4.74 Å². The summed E-state index contributed by atoms with van der Waals surface area (Å²) in [5.41, 5.74) is 9.44. The van der Waals surface area contributed by atoms with Crippen LogP contribution in [0.5, 0.6) is 0 Å². The van der Waals surface area contributed by atoms with Crippen molar-refractivity contribution in [2.24, 2.45) is 5.73 Å². The highest BCUT2D eigenvalue weighted by atomic mass is 32.1. The van der Waals surface area contributed by atoms with Crippen LogP contribution < -0.4 is 5.73 Å². The number of ether oxygens (including phenoxy) is 1. The number of hydrogen-bond acceptors (Lipinski definition) is 6. The highest BCUT2D eigenvalue weighted by molar-refractivity contribution is 7.15. The van der Waals surface area contributed by atoms with Crippen molar-refractivity contribution in [2.45, 2.75) is 13.2 Å². The molecule has 0 fully saturated rings. The van der Waals surface area contributed by atoms with Gasteiger partial charge in [0.25, 0.3) is 0 Å². The van der Waals surface area contributed by atoms with Gasteiger partial charge in [-0.1, -0.05) is 0 Å². The number of aromatic nitrogens is 3. The molecule has 5 nitrogen and oxygen atoms in total. The first-order chi connectivity index (χ1) is 9.81. The maximum absolute atomic E-state index is 5.76. The van der Waals surface area contributed by atoms with Crippen LogP contribution in [0.2, 0.25) is 0 Å². The summed E-state index contributed by atoms with van der Waals surface area (Å²) in [6.07, 6.45) is 3.38. The minimum Gasteiger partial charge on any atom is -0.378 e. The molecule has 2 N–H and O–H groups in total. The highest BCUT2D eigenvalue weighted by Gasteiger charge is 2.12. The third-order valence-corrected chi connectivity index (χ3v) is 4.13. The third-order valence-electron chi connectivity index (χ3n) is 2.96. The van der Waals surface area contributed by atoms with Crippen molar-refractivity contribution in [3.8, 4) is 10.6 Å². The Hall–Kier alpha value is -1.89. The van der Waals surface area contributed by atoms with E-state index >= 15 is 0 Å². The van der Waals surface area contributed by atoms with Gasteiger partial charge >= 0.3 is 0 Å². The Balaban J connectivity index is 2.05. The van der Waals surface area contributed by atoms with Crippen molar-refractivity contribution in [3.63, 3.8) is 0 Å². The van der Waals surface area contributed by atoms with Crippen molar-refractivity contribution in [2.75, 3.05) is 7.11 Å². The average molecular weight is 286 g/mol. The molecule has 0 aliphatic carbocycles. The molecule has 0 saturated heterocycles. The predicted octanol–water partition coefficient (Wildman–Crippen LogP) is 2.36. The Labute approximate surface area is 120 Å². The van der Waals surface area contributed by atoms with E-state index in [1.165, 1.54) is 0 Å². The van der Waals surface area contributed by atoms with Crippen LogP contribution in [0.15, 0.2) is 30.6 Å². The maximum Gasteiger partial charge on any atom is 0.124 e. The van der Waals surface area contributed by atoms with Crippen molar-refractivity contribution in [1.29, 1.82) is 0 Å². The molecule has 0 radical (unpaired) electrons. The molecule has 1 aromatic carbocycles. The lowest BCUT2D eigenvalue weighted by molar-refractivity contribution is 0.181. The highest BCUT2D eigenvalue weighted by Crippen LogP contribution is 2.29. The van der Waals surface area contributed by atoms with E-state index in [9.17, 15) is 0 Å². The van der Waals surface area contributed by atoms with Crippen molar-refractivity contribution >= 4 is 22.4 Å². The zero-order valence-electron chi connectivity index (χ0n) is 11.0. The van der Waals surface area contributed by atoms with Crippen LogP contribution in [0.3, 0.4) is 0 Å². The molecule has 2 aromatic heterocycles. The average Bonchev–Trinajstić information content (AvgIpc) is 2.90. The van der Waals surface area contributed by atoms with Gasteiger partial charge in [0, 0.05) is 36.5 Å². The topological polar surface area (TPSA) is 73.9 Å². The molecule has 2 heterocycles. The number of benzene rings is 1. The van der Waals surface area contributed by atoms with E-state index in [0.29, 0.717) is 13.2 Å². The van der Waals surface area contributed by atoms with E-state index < -0.39 is 0 Å². The van der Waals surface area contributed by atoms with Gasteiger partial charge in [-0.25, -0.2) is 4.98 Å². The second kappa shape index (κ2) is 5.62. The molecular weight excluding hydrogens is 272 g/mol. The minimum absolute atomic E-state index is 0.476. The Kier molecular flexibility index (Phi) is 3.68. The molecule has 102 valence electrons. The summed E-state index contributed by atoms with van der Waals surface area (Å²) in [7, 11) is 1.66. The van der Waals surface area contributed by atoms with E-state index in [4.69, 9.17) is 10.5 Å². The molecule has 0 atom stereocenters. The summed E-state index contributed by atoms with van der Waals surface area (Å²) in [6, 6.07) is 5.96. The molecule has 0 saturated carbocycles. The molecule has 0 unspecified atom stereocenters. The number of rotatable bonds is 4. The fraction of sp³-hybridized carbons (Fsp3) is 0.214. The summed E-state index contributed by atoms with van der Waals surface area (Å²) in [4.78, 5) is 14.3. The second-order valence-corrected chi connectivity index (χ2v) is 5.37. The van der Waals surface area contributed by atoms with E-state index in [1.54, 1.807) is 30.8 Å². The van der Waals surface area contributed by atoms with Gasteiger partial charge < -0.3 is 10.5 Å². The van der Waals surface area contributed by atoms with Gasteiger partial charge in [0.15, 0.2) is 0 Å². The lowest BCUT2D eigenvalue weighted by Crippen LogP contribution is -1.99. The van der Waals surface area contributed by atoms with Crippen LogP contribution in [0.1, 0.15) is 10.6 Å². The summed E-state index contributed by atoms with van der Waals surface area (Å²) in [5.74, 6) is 0. The molecular formula is C14H14N4OS. The lowest BCUT2D eigenvalue weighted by atomic mass is 10.2. The third kappa shape index (κ3) is 2.40. The van der Waals surface area contributed by atoms with Crippen LogP contribution in [0, 0.1) is 0 Å². The minimum atomic E-state index is 0.476. The Morgan fingerprint density at radius 3 is 2.75 bits per heavy atom. The zero-order valence-corrected chi connectivity index (χ0v) is 11.9. The molecule has 6 heteroatoms. The standard InChI is InChI=1S/C14H14N4OS/c1-19-8-12-13(7-15)20-14(18-12)9-2-3-10-11(6-9)17-5-4-16-10/h2-6H,7-8,15H2,1H3. The lowest BCUT2D eigenvalue weighted by Gasteiger charge is -1.99. The first kappa shape index (κ1) is 13.1. The Morgan fingerprint density at radius 1 is 1.20 bits per heavy atom. The molecule has 0 amide bonds. The van der Waals surface area contributed by atoms with Gasteiger partial charge in [-0.05, 0) is 18.2 Å². The van der Waals surface area contributed by atoms with Gasteiger partial charge in [-0.3, -0.25) is 9.97 Å². The van der Waals surface area contributed by atoms with Crippen LogP contribution in [0.25, 0.3) is 21.6 Å². The molecule has 0 spiro atoms. The van der Waals surface area contributed by atoms with Gasteiger partial charge in [-0.15, -0.1) is 11.3 Å². The van der Waals surface area contributed by atoms with Gasteiger partial charge in [0.2, 0.25) is 0 Å².